The van der Waals surface area contributed by atoms with E-state index < -0.39 is 0 Å². The highest BCUT2D eigenvalue weighted by Gasteiger charge is 2.25. The third-order valence-corrected chi connectivity index (χ3v) is 2.18. The van der Waals surface area contributed by atoms with Crippen molar-refractivity contribution in [1.82, 2.24) is 0 Å². The van der Waals surface area contributed by atoms with Gasteiger partial charge in [-0.25, -0.2) is 0 Å². The number of rotatable bonds is 3. The molecular formula is C6H14O2S. The van der Waals surface area contributed by atoms with Crippen LogP contribution in [0.4, 0.5) is 0 Å². The van der Waals surface area contributed by atoms with E-state index in [-0.39, 0.29) is 11.0 Å². The van der Waals surface area contributed by atoms with Crippen LogP contribution in [0.15, 0.2) is 0 Å². The summed E-state index contributed by atoms with van der Waals surface area (Å²) in [6.07, 6.45) is 0. The zero-order chi connectivity index (χ0) is 7.49. The molecule has 0 aliphatic rings. The van der Waals surface area contributed by atoms with Crippen LogP contribution in [0.5, 0.6) is 0 Å². The Bertz CT molecular complexity index is 83.1. The van der Waals surface area contributed by atoms with E-state index in [1.54, 1.807) is 14.2 Å². The summed E-state index contributed by atoms with van der Waals surface area (Å²) in [5.41, 5.74) is -0.472. The van der Waals surface area contributed by atoms with Crippen LogP contribution < -0.4 is 0 Å². The van der Waals surface area contributed by atoms with Crippen LogP contribution in [0, 0.1) is 0 Å². The largest absolute Gasteiger partial charge is 0.375 e. The third kappa shape index (κ3) is 2.56. The number of methoxy groups -OCH3 is 2. The molecule has 0 aromatic heterocycles. The normalized spacial score (nSPS) is 15.7. The Morgan fingerprint density at radius 1 is 1.33 bits per heavy atom. The van der Waals surface area contributed by atoms with Crippen molar-refractivity contribution >= 4 is 12.6 Å². The topological polar surface area (TPSA) is 18.5 Å². The van der Waals surface area contributed by atoms with Gasteiger partial charge in [0.05, 0.1) is 5.60 Å². The Morgan fingerprint density at radius 2 is 1.78 bits per heavy atom. The summed E-state index contributed by atoms with van der Waals surface area (Å²) in [7, 11) is 3.25. The quantitative estimate of drug-likeness (QED) is 0.483. The molecular weight excluding hydrogens is 136 g/mol. The Hall–Kier alpha value is 0.270. The van der Waals surface area contributed by atoms with Crippen LogP contribution in [0.1, 0.15) is 13.8 Å². The highest BCUT2D eigenvalue weighted by molar-refractivity contribution is 7.80. The Labute approximate surface area is 61.9 Å². The minimum atomic E-state index is -0.308. The zero-order valence-corrected chi connectivity index (χ0v) is 7.24. The van der Waals surface area contributed by atoms with Crippen molar-refractivity contribution in [3.63, 3.8) is 0 Å². The van der Waals surface area contributed by atoms with E-state index in [9.17, 15) is 0 Å². The number of thiol groups is 1. The van der Waals surface area contributed by atoms with E-state index in [4.69, 9.17) is 9.47 Å². The second-order valence-electron chi connectivity index (χ2n) is 2.40. The van der Waals surface area contributed by atoms with E-state index in [0.717, 1.165) is 0 Å². The highest BCUT2D eigenvalue weighted by atomic mass is 32.1. The Balaban J connectivity index is 3.80. The van der Waals surface area contributed by atoms with Gasteiger partial charge in [-0.15, -0.1) is 12.6 Å². The molecule has 1 atom stereocenters. The number of ether oxygens (including phenoxy) is 2. The van der Waals surface area contributed by atoms with Gasteiger partial charge >= 0.3 is 0 Å². The summed E-state index contributed by atoms with van der Waals surface area (Å²) in [6, 6.07) is 0. The molecule has 2 nitrogen and oxygen atoms in total. The van der Waals surface area contributed by atoms with Crippen LogP contribution in [0.25, 0.3) is 0 Å². The molecule has 0 aliphatic carbocycles. The fraction of sp³-hybridized carbons (Fsp3) is 1.00. The lowest BCUT2D eigenvalue weighted by atomic mass is 10.1. The first-order chi connectivity index (χ1) is 4.04. The van der Waals surface area contributed by atoms with Gasteiger partial charge in [0.15, 0.2) is 0 Å². The molecule has 0 spiro atoms. The molecule has 0 heterocycles. The van der Waals surface area contributed by atoms with Crippen LogP contribution >= 0.6 is 12.6 Å². The Morgan fingerprint density at radius 3 is 1.89 bits per heavy atom. The van der Waals surface area contributed by atoms with Crippen molar-refractivity contribution < 1.29 is 9.47 Å². The van der Waals surface area contributed by atoms with Crippen LogP contribution in [0.3, 0.4) is 0 Å². The van der Waals surface area contributed by atoms with Crippen molar-refractivity contribution in [3.05, 3.63) is 0 Å². The van der Waals surface area contributed by atoms with Crippen molar-refractivity contribution in [2.45, 2.75) is 24.9 Å². The molecule has 0 bridgehead atoms. The summed E-state index contributed by atoms with van der Waals surface area (Å²) in [6.45, 7) is 3.85. The first-order valence-electron chi connectivity index (χ1n) is 2.80. The summed E-state index contributed by atoms with van der Waals surface area (Å²) in [5.74, 6) is 0. The van der Waals surface area contributed by atoms with Gasteiger partial charge in [-0.05, 0) is 13.8 Å². The van der Waals surface area contributed by atoms with Gasteiger partial charge in [-0.2, -0.15) is 0 Å². The molecule has 0 radical (unpaired) electrons. The maximum atomic E-state index is 5.09. The van der Waals surface area contributed by atoms with E-state index in [2.05, 4.69) is 12.6 Å². The van der Waals surface area contributed by atoms with Crippen molar-refractivity contribution in [3.8, 4) is 0 Å². The predicted octanol–water partition coefficient (Wildman–Crippen LogP) is 1.31. The second-order valence-corrected chi connectivity index (χ2v) is 2.86. The van der Waals surface area contributed by atoms with E-state index in [1.165, 1.54) is 0 Å². The molecule has 3 heteroatoms. The summed E-state index contributed by atoms with van der Waals surface area (Å²) >= 11 is 4.14. The molecule has 0 saturated carbocycles. The smallest absolute Gasteiger partial charge is 0.128 e. The molecule has 0 N–H and O–H groups in total. The predicted molar refractivity (Wildman–Crippen MR) is 40.9 cm³/mol. The van der Waals surface area contributed by atoms with Crippen LogP contribution in [-0.2, 0) is 9.47 Å². The highest BCUT2D eigenvalue weighted by Crippen LogP contribution is 2.18. The van der Waals surface area contributed by atoms with Gasteiger partial charge in [0, 0.05) is 14.2 Å². The fourth-order valence-electron chi connectivity index (χ4n) is 0.385. The minimum absolute atomic E-state index is 0.164. The standard InChI is InChI=1S/C6H14O2S/c1-6(2,8-4)5(9)7-3/h5,9H,1-4H3. The van der Waals surface area contributed by atoms with Crippen molar-refractivity contribution in [2.75, 3.05) is 14.2 Å². The molecule has 0 amide bonds. The summed E-state index contributed by atoms with van der Waals surface area (Å²) in [5, 5.41) is 0. The van der Waals surface area contributed by atoms with Crippen molar-refractivity contribution in [2.24, 2.45) is 0 Å². The molecule has 0 aliphatic heterocycles. The molecule has 0 aromatic rings. The van der Waals surface area contributed by atoms with Crippen LogP contribution in [0.2, 0.25) is 0 Å². The average molecular weight is 150 g/mol. The van der Waals surface area contributed by atoms with E-state index in [0.29, 0.717) is 0 Å². The van der Waals surface area contributed by atoms with Gasteiger partial charge in [-0.3, -0.25) is 0 Å². The first kappa shape index (κ1) is 9.27. The van der Waals surface area contributed by atoms with Gasteiger partial charge in [0.25, 0.3) is 0 Å². The summed E-state index contributed by atoms with van der Waals surface area (Å²) in [4.78, 5) is 0. The lowest BCUT2D eigenvalue weighted by Gasteiger charge is -2.27. The van der Waals surface area contributed by atoms with Gasteiger partial charge in [-0.1, -0.05) is 0 Å². The lowest BCUT2D eigenvalue weighted by molar-refractivity contribution is -0.0533. The number of hydrogen-bond acceptors (Lipinski definition) is 3. The molecule has 0 saturated heterocycles. The number of hydrogen-bond donors (Lipinski definition) is 1. The second kappa shape index (κ2) is 3.44. The average Bonchev–Trinajstić information content (AvgIpc) is 1.86. The molecule has 0 rings (SSSR count). The van der Waals surface area contributed by atoms with Crippen LogP contribution in [-0.4, -0.2) is 25.3 Å². The van der Waals surface area contributed by atoms with Gasteiger partial charge in [0.2, 0.25) is 0 Å². The summed E-state index contributed by atoms with van der Waals surface area (Å²) < 4.78 is 10.0. The molecule has 9 heavy (non-hydrogen) atoms. The maximum Gasteiger partial charge on any atom is 0.128 e. The van der Waals surface area contributed by atoms with Crippen molar-refractivity contribution in [1.29, 1.82) is 0 Å². The molecule has 56 valence electrons. The third-order valence-electron chi connectivity index (χ3n) is 1.34. The van der Waals surface area contributed by atoms with Gasteiger partial charge in [0.1, 0.15) is 5.44 Å². The fourth-order valence-corrected chi connectivity index (χ4v) is 0.490. The zero-order valence-electron chi connectivity index (χ0n) is 6.34. The van der Waals surface area contributed by atoms with E-state index in [1.807, 2.05) is 13.8 Å². The maximum absolute atomic E-state index is 5.09. The van der Waals surface area contributed by atoms with E-state index >= 15 is 0 Å². The molecule has 0 fully saturated rings. The minimum Gasteiger partial charge on any atom is -0.375 e. The van der Waals surface area contributed by atoms with Gasteiger partial charge < -0.3 is 9.47 Å². The monoisotopic (exact) mass is 150 g/mol. The SMILES string of the molecule is COC(S)C(C)(C)OC. The Kier molecular flexibility index (Phi) is 3.54. The molecule has 0 aromatic carbocycles. The first-order valence-corrected chi connectivity index (χ1v) is 3.32. The lowest BCUT2D eigenvalue weighted by Crippen LogP contribution is -2.35. The molecule has 1 unspecified atom stereocenters.